The summed E-state index contributed by atoms with van der Waals surface area (Å²) in [5.41, 5.74) is 2.16. The molecule has 1 aromatic carbocycles. The van der Waals surface area contributed by atoms with Crippen LogP contribution in [0, 0.1) is 11.3 Å². The van der Waals surface area contributed by atoms with Crippen LogP contribution in [0.2, 0.25) is 5.02 Å². The number of hydrogen-bond donors (Lipinski definition) is 4. The number of nitrogens with one attached hydrogen (secondary N) is 3. The number of amides is 2. The van der Waals surface area contributed by atoms with E-state index in [1.807, 2.05) is 22.8 Å². The van der Waals surface area contributed by atoms with E-state index in [9.17, 15) is 9.59 Å². The highest BCUT2D eigenvalue weighted by Gasteiger charge is 2.27. The highest BCUT2D eigenvalue weighted by Crippen LogP contribution is 2.36. The van der Waals surface area contributed by atoms with E-state index in [-0.39, 0.29) is 11.4 Å². The van der Waals surface area contributed by atoms with Crippen molar-refractivity contribution in [2.24, 2.45) is 5.92 Å². The van der Waals surface area contributed by atoms with E-state index in [0.29, 0.717) is 46.9 Å². The number of thiazole rings is 1. The third-order valence-corrected chi connectivity index (χ3v) is 8.60. The Kier molecular flexibility index (Phi) is 6.86. The summed E-state index contributed by atoms with van der Waals surface area (Å²) >= 11 is 9.17. The van der Waals surface area contributed by atoms with Gasteiger partial charge in [0.25, 0.3) is 0 Å². The van der Waals surface area contributed by atoms with Gasteiger partial charge in [0, 0.05) is 19.6 Å². The summed E-state index contributed by atoms with van der Waals surface area (Å²) in [6, 6.07) is 4.86. The molecule has 4 N–H and O–H groups in total. The maximum Gasteiger partial charge on any atom is 0.405 e. The second-order valence-electron chi connectivity index (χ2n) is 8.60. The molecular weight excluding hydrogens is 524 g/mol. The van der Waals surface area contributed by atoms with Crippen LogP contribution in [0.5, 0.6) is 0 Å². The number of hydrogen-bond acceptors (Lipinski definition) is 8. The Balaban J connectivity index is 1.29. The Hall–Kier alpha value is -3.16. The Morgan fingerprint density at radius 3 is 2.86 bits per heavy atom. The average molecular weight is 547 g/mol. The van der Waals surface area contributed by atoms with Gasteiger partial charge in [-0.3, -0.25) is 10.2 Å². The van der Waals surface area contributed by atoms with E-state index >= 15 is 0 Å². The summed E-state index contributed by atoms with van der Waals surface area (Å²) < 4.78 is 3.67. The molecule has 1 atom stereocenters. The monoisotopic (exact) mass is 546 g/mol. The average Bonchev–Trinajstić information content (AvgIpc) is 3.46. The topological polar surface area (TPSA) is 153 Å². The molecule has 1 saturated heterocycles. The van der Waals surface area contributed by atoms with Gasteiger partial charge in [-0.25, -0.2) is 19.7 Å². The molecule has 1 fully saturated rings. The van der Waals surface area contributed by atoms with Gasteiger partial charge in [0.05, 0.1) is 21.6 Å². The van der Waals surface area contributed by atoms with Crippen molar-refractivity contribution in [2.45, 2.75) is 41.8 Å². The quantitative estimate of drug-likeness (QED) is 0.288. The van der Waals surface area contributed by atoms with Crippen LogP contribution in [0.4, 0.5) is 4.79 Å². The van der Waals surface area contributed by atoms with Crippen LogP contribution in [-0.2, 0) is 11.3 Å². The van der Waals surface area contributed by atoms with Crippen molar-refractivity contribution in [3.63, 3.8) is 0 Å². The van der Waals surface area contributed by atoms with Crippen molar-refractivity contribution in [3.05, 3.63) is 35.0 Å². The zero-order valence-electron chi connectivity index (χ0n) is 19.2. The lowest BCUT2D eigenvalue weighted by Gasteiger charge is -2.33. The van der Waals surface area contributed by atoms with Crippen molar-refractivity contribution >= 4 is 68.1 Å². The van der Waals surface area contributed by atoms with Crippen LogP contribution in [0.1, 0.15) is 19.8 Å². The molecule has 4 aromatic rings. The number of aromatic nitrogens is 5. The SMILES string of the molecule is C[C@@H](NC(=O)O)C(=O)N1CCC(Cn2cnc(=N)c3[nH]c(Sc4nc5cccc(Cl)c5s4)nc32)CC1. The number of fused-ring (bicyclic) bond motifs is 2. The molecule has 5 rings (SSSR count). The minimum atomic E-state index is -1.21. The maximum absolute atomic E-state index is 12.5. The van der Waals surface area contributed by atoms with Gasteiger partial charge in [0.2, 0.25) is 5.91 Å². The predicted molar refractivity (Wildman–Crippen MR) is 136 cm³/mol. The molecule has 11 nitrogen and oxygen atoms in total. The first kappa shape index (κ1) is 24.5. The number of benzene rings is 1. The highest BCUT2D eigenvalue weighted by molar-refractivity contribution is 8.01. The lowest BCUT2D eigenvalue weighted by atomic mass is 9.96. The van der Waals surface area contributed by atoms with Crippen LogP contribution in [0.15, 0.2) is 34.0 Å². The summed E-state index contributed by atoms with van der Waals surface area (Å²) in [5, 5.41) is 20.6. The number of H-pyrrole nitrogens is 1. The standard InChI is InChI=1S/C22H23ClN8O3S2/c1-11(26-21(33)34)19(32)30-7-5-12(6-8-30)9-31-10-25-17(24)15-18(31)29-20(28-15)36-22-27-14-4-2-3-13(23)16(14)35-22/h2-4,10-12,24,26H,5-9H2,1H3,(H,28,29)(H,33,34)/t11-/m1/s1. The van der Waals surface area contributed by atoms with Crippen LogP contribution >= 0.6 is 34.7 Å². The smallest absolute Gasteiger partial charge is 0.405 e. The lowest BCUT2D eigenvalue weighted by Crippen LogP contribution is -2.49. The second-order valence-corrected chi connectivity index (χ2v) is 11.2. The first-order valence-corrected chi connectivity index (χ1v) is 13.3. The normalized spacial score (nSPS) is 15.4. The zero-order chi connectivity index (χ0) is 25.4. The van der Waals surface area contributed by atoms with Gasteiger partial charge in [-0.2, -0.15) is 0 Å². The van der Waals surface area contributed by atoms with E-state index in [2.05, 4.69) is 20.3 Å². The minimum absolute atomic E-state index is 0.119. The van der Waals surface area contributed by atoms with Crippen molar-refractivity contribution < 1.29 is 14.7 Å². The van der Waals surface area contributed by atoms with Crippen LogP contribution in [-0.4, -0.2) is 65.6 Å². The Labute approximate surface area is 218 Å². The number of rotatable bonds is 6. The summed E-state index contributed by atoms with van der Waals surface area (Å²) in [4.78, 5) is 41.8. The highest BCUT2D eigenvalue weighted by atomic mass is 35.5. The van der Waals surface area contributed by atoms with Crippen molar-refractivity contribution in [1.29, 1.82) is 5.41 Å². The summed E-state index contributed by atoms with van der Waals surface area (Å²) in [6.45, 7) is 3.33. The number of carbonyl (C=O) groups excluding carboxylic acids is 1. The Morgan fingerprint density at radius 2 is 2.14 bits per heavy atom. The predicted octanol–water partition coefficient (Wildman–Crippen LogP) is 3.55. The molecule has 0 spiro atoms. The molecular formula is C22H23ClN8O3S2. The van der Waals surface area contributed by atoms with Crippen LogP contribution in [0.3, 0.4) is 0 Å². The van der Waals surface area contributed by atoms with E-state index in [0.717, 1.165) is 27.4 Å². The number of carbonyl (C=O) groups is 2. The zero-order valence-corrected chi connectivity index (χ0v) is 21.6. The first-order valence-electron chi connectivity index (χ1n) is 11.3. The number of aromatic amines is 1. The number of piperidine rings is 1. The number of imidazole rings is 1. The van der Waals surface area contributed by atoms with E-state index in [1.54, 1.807) is 18.2 Å². The van der Waals surface area contributed by atoms with Gasteiger partial charge in [0.1, 0.15) is 11.6 Å². The minimum Gasteiger partial charge on any atom is -0.465 e. The van der Waals surface area contributed by atoms with Gasteiger partial charge in [-0.05, 0) is 49.6 Å². The fourth-order valence-corrected chi connectivity index (χ4v) is 6.54. The summed E-state index contributed by atoms with van der Waals surface area (Å²) in [5.74, 6) is 0.0822. The second kappa shape index (κ2) is 10.1. The van der Waals surface area contributed by atoms with E-state index in [1.165, 1.54) is 23.1 Å². The molecule has 0 unspecified atom stereocenters. The summed E-state index contributed by atoms with van der Waals surface area (Å²) in [6.07, 6.45) is 1.98. The van der Waals surface area contributed by atoms with Gasteiger partial charge in [-0.15, -0.1) is 11.3 Å². The largest absolute Gasteiger partial charge is 0.465 e. The Bertz CT molecular complexity index is 1510. The third kappa shape index (κ3) is 5.04. The van der Waals surface area contributed by atoms with Crippen molar-refractivity contribution in [1.82, 2.24) is 34.7 Å². The number of likely N-dealkylation sites (tertiary alicyclic amines) is 1. The molecule has 3 aromatic heterocycles. The molecule has 36 heavy (non-hydrogen) atoms. The molecule has 1 aliphatic heterocycles. The van der Waals surface area contributed by atoms with Crippen molar-refractivity contribution in [2.75, 3.05) is 13.1 Å². The lowest BCUT2D eigenvalue weighted by molar-refractivity contribution is -0.134. The van der Waals surface area contributed by atoms with Crippen molar-refractivity contribution in [3.8, 4) is 0 Å². The van der Waals surface area contributed by atoms with Crippen LogP contribution in [0.25, 0.3) is 21.4 Å². The molecule has 4 heterocycles. The van der Waals surface area contributed by atoms with Gasteiger partial charge in [-0.1, -0.05) is 17.7 Å². The molecule has 1 aliphatic rings. The molecule has 2 amide bonds. The molecule has 14 heteroatoms. The Morgan fingerprint density at radius 1 is 1.36 bits per heavy atom. The number of carboxylic acid groups (broad SMARTS) is 1. The third-order valence-electron chi connectivity index (χ3n) is 6.12. The van der Waals surface area contributed by atoms with Gasteiger partial charge in [0.15, 0.2) is 20.6 Å². The maximum atomic E-state index is 12.5. The van der Waals surface area contributed by atoms with E-state index < -0.39 is 12.1 Å². The van der Waals surface area contributed by atoms with E-state index in [4.69, 9.17) is 27.1 Å². The fourth-order valence-electron chi connectivity index (χ4n) is 4.30. The molecule has 188 valence electrons. The number of halogens is 1. The van der Waals surface area contributed by atoms with Gasteiger partial charge >= 0.3 is 6.09 Å². The molecule has 0 bridgehead atoms. The summed E-state index contributed by atoms with van der Waals surface area (Å²) in [7, 11) is 0. The fraction of sp³-hybridized carbons (Fsp3) is 0.364. The van der Waals surface area contributed by atoms with Crippen LogP contribution < -0.4 is 10.8 Å². The van der Waals surface area contributed by atoms with Gasteiger partial charge < -0.3 is 24.9 Å². The molecule has 0 radical (unpaired) electrons. The molecule has 0 saturated carbocycles. The first-order chi connectivity index (χ1) is 17.3. The number of nitrogens with zero attached hydrogens (tertiary/aromatic N) is 5. The molecule has 0 aliphatic carbocycles.